The normalized spacial score (nSPS) is 18.9. The molecular weight excluding hydrogens is 318 g/mol. The Bertz CT molecular complexity index is 599. The van der Waals surface area contributed by atoms with Crippen molar-refractivity contribution in [1.29, 1.82) is 0 Å². The van der Waals surface area contributed by atoms with Gasteiger partial charge in [-0.1, -0.05) is 26.0 Å². The summed E-state index contributed by atoms with van der Waals surface area (Å²) < 4.78 is 5.87. The first kappa shape index (κ1) is 19.3. The van der Waals surface area contributed by atoms with Crippen LogP contribution in [0.1, 0.15) is 57.9 Å². The summed E-state index contributed by atoms with van der Waals surface area (Å²) in [5.41, 5.74) is 1.18. The van der Waals surface area contributed by atoms with Gasteiger partial charge in [0.05, 0.1) is 0 Å². The van der Waals surface area contributed by atoms with Gasteiger partial charge in [0.15, 0.2) is 6.10 Å². The number of benzene rings is 1. The maximum atomic E-state index is 12.7. The van der Waals surface area contributed by atoms with Gasteiger partial charge in [-0.3, -0.25) is 9.59 Å². The van der Waals surface area contributed by atoms with Crippen molar-refractivity contribution in [2.75, 3.05) is 13.1 Å². The van der Waals surface area contributed by atoms with E-state index < -0.39 is 12.1 Å². The van der Waals surface area contributed by atoms with E-state index in [1.54, 1.807) is 6.92 Å². The molecule has 0 radical (unpaired) electrons. The van der Waals surface area contributed by atoms with E-state index in [4.69, 9.17) is 9.84 Å². The fraction of sp³-hybridized carbons (Fsp3) is 0.600. The Morgan fingerprint density at radius 2 is 2.08 bits per heavy atom. The number of ether oxygens (including phenoxy) is 1. The van der Waals surface area contributed by atoms with Crippen molar-refractivity contribution in [2.24, 2.45) is 5.92 Å². The van der Waals surface area contributed by atoms with Crippen LogP contribution >= 0.6 is 0 Å². The second kappa shape index (κ2) is 8.88. The molecule has 1 aromatic rings. The van der Waals surface area contributed by atoms with Crippen LogP contribution in [0.25, 0.3) is 0 Å². The van der Waals surface area contributed by atoms with E-state index in [2.05, 4.69) is 19.9 Å². The van der Waals surface area contributed by atoms with Gasteiger partial charge in [-0.05, 0) is 55.7 Å². The molecule has 0 spiro atoms. The lowest BCUT2D eigenvalue weighted by Gasteiger charge is -2.34. The lowest BCUT2D eigenvalue weighted by Crippen LogP contribution is -2.45. The number of nitrogens with zero attached hydrogens (tertiary/aromatic N) is 1. The topological polar surface area (TPSA) is 66.8 Å². The van der Waals surface area contributed by atoms with E-state index in [1.807, 2.05) is 23.1 Å². The number of hydrogen-bond acceptors (Lipinski definition) is 3. The van der Waals surface area contributed by atoms with Gasteiger partial charge in [0.2, 0.25) is 0 Å². The van der Waals surface area contributed by atoms with Crippen LogP contribution in [0.3, 0.4) is 0 Å². The van der Waals surface area contributed by atoms with Crippen LogP contribution in [-0.4, -0.2) is 41.1 Å². The SMILES string of the molecule is CC(Oc1cccc(C(C)C)c1)C(=O)N1CCCC(CCC(=O)O)C1. The number of carboxylic acid groups (broad SMARTS) is 1. The van der Waals surface area contributed by atoms with Gasteiger partial charge in [-0.2, -0.15) is 0 Å². The molecule has 0 aromatic heterocycles. The fourth-order valence-electron chi connectivity index (χ4n) is 3.29. The monoisotopic (exact) mass is 347 g/mol. The van der Waals surface area contributed by atoms with E-state index in [0.717, 1.165) is 19.4 Å². The van der Waals surface area contributed by atoms with E-state index in [0.29, 0.717) is 24.6 Å². The highest BCUT2D eigenvalue weighted by Crippen LogP contribution is 2.24. The van der Waals surface area contributed by atoms with Crippen LogP contribution in [0.2, 0.25) is 0 Å². The molecule has 0 saturated carbocycles. The van der Waals surface area contributed by atoms with Crippen molar-refractivity contribution >= 4 is 11.9 Å². The Morgan fingerprint density at radius 1 is 1.32 bits per heavy atom. The average molecular weight is 347 g/mol. The summed E-state index contributed by atoms with van der Waals surface area (Å²) in [6, 6.07) is 7.87. The number of carbonyl (C=O) groups is 2. The number of carbonyl (C=O) groups excluding carboxylic acids is 1. The molecule has 138 valence electrons. The smallest absolute Gasteiger partial charge is 0.303 e. The summed E-state index contributed by atoms with van der Waals surface area (Å²) in [4.78, 5) is 25.3. The van der Waals surface area contributed by atoms with Gasteiger partial charge in [0.1, 0.15) is 5.75 Å². The summed E-state index contributed by atoms with van der Waals surface area (Å²) in [5.74, 6) is 0.601. The van der Waals surface area contributed by atoms with Crippen LogP contribution < -0.4 is 4.74 Å². The second-order valence-electron chi connectivity index (χ2n) is 7.21. The van der Waals surface area contributed by atoms with Gasteiger partial charge in [-0.25, -0.2) is 0 Å². The molecule has 2 unspecified atom stereocenters. The minimum absolute atomic E-state index is 0.0185. The van der Waals surface area contributed by atoms with Crippen LogP contribution in [0.15, 0.2) is 24.3 Å². The molecule has 5 nitrogen and oxygen atoms in total. The minimum Gasteiger partial charge on any atom is -0.481 e. The van der Waals surface area contributed by atoms with Gasteiger partial charge in [0, 0.05) is 19.5 Å². The number of rotatable bonds is 7. The molecule has 0 bridgehead atoms. The zero-order valence-electron chi connectivity index (χ0n) is 15.4. The largest absolute Gasteiger partial charge is 0.481 e. The molecule has 2 atom stereocenters. The fourth-order valence-corrected chi connectivity index (χ4v) is 3.29. The molecule has 2 rings (SSSR count). The van der Waals surface area contributed by atoms with E-state index in [9.17, 15) is 9.59 Å². The van der Waals surface area contributed by atoms with E-state index >= 15 is 0 Å². The highest BCUT2D eigenvalue weighted by molar-refractivity contribution is 5.81. The number of carboxylic acids is 1. The molecule has 1 fully saturated rings. The van der Waals surface area contributed by atoms with Crippen molar-refractivity contribution in [3.8, 4) is 5.75 Å². The number of likely N-dealkylation sites (tertiary alicyclic amines) is 1. The summed E-state index contributed by atoms with van der Waals surface area (Å²) in [7, 11) is 0. The van der Waals surface area contributed by atoms with Crippen molar-refractivity contribution in [2.45, 2.75) is 58.5 Å². The van der Waals surface area contributed by atoms with Gasteiger partial charge < -0.3 is 14.7 Å². The number of aliphatic carboxylic acids is 1. The highest BCUT2D eigenvalue weighted by Gasteiger charge is 2.28. The summed E-state index contributed by atoms with van der Waals surface area (Å²) in [5, 5.41) is 8.83. The quantitative estimate of drug-likeness (QED) is 0.817. The van der Waals surface area contributed by atoms with E-state index in [1.165, 1.54) is 5.56 Å². The molecule has 1 aromatic carbocycles. The summed E-state index contributed by atoms with van der Waals surface area (Å²) in [6.45, 7) is 7.39. The first-order chi connectivity index (χ1) is 11.9. The van der Waals surface area contributed by atoms with Gasteiger partial charge >= 0.3 is 5.97 Å². The van der Waals surface area contributed by atoms with Crippen molar-refractivity contribution in [1.82, 2.24) is 4.90 Å². The van der Waals surface area contributed by atoms with Crippen LogP contribution in [0.4, 0.5) is 0 Å². The van der Waals surface area contributed by atoms with Crippen LogP contribution in [0.5, 0.6) is 5.75 Å². The Labute approximate surface area is 150 Å². The Balaban J connectivity index is 1.92. The maximum absolute atomic E-state index is 12.7. The maximum Gasteiger partial charge on any atom is 0.303 e. The zero-order valence-corrected chi connectivity index (χ0v) is 15.4. The summed E-state index contributed by atoms with van der Waals surface area (Å²) in [6.07, 6.45) is 2.17. The standard InChI is InChI=1S/C20H29NO4/c1-14(2)17-7-4-8-18(12-17)25-15(3)20(24)21-11-5-6-16(13-21)9-10-19(22)23/h4,7-8,12,14-16H,5-6,9-11,13H2,1-3H3,(H,22,23). The average Bonchev–Trinajstić information content (AvgIpc) is 2.59. The Morgan fingerprint density at radius 3 is 2.76 bits per heavy atom. The van der Waals surface area contributed by atoms with Crippen molar-refractivity contribution in [3.63, 3.8) is 0 Å². The molecule has 5 heteroatoms. The predicted octanol–water partition coefficient (Wildman–Crippen LogP) is 3.68. The molecule has 1 amide bonds. The first-order valence-corrected chi connectivity index (χ1v) is 9.14. The van der Waals surface area contributed by atoms with Crippen molar-refractivity contribution in [3.05, 3.63) is 29.8 Å². The zero-order chi connectivity index (χ0) is 18.4. The Hall–Kier alpha value is -2.04. The molecule has 1 aliphatic heterocycles. The first-order valence-electron chi connectivity index (χ1n) is 9.14. The van der Waals surface area contributed by atoms with Crippen molar-refractivity contribution < 1.29 is 19.4 Å². The minimum atomic E-state index is -0.773. The van der Waals surface area contributed by atoms with Gasteiger partial charge in [-0.15, -0.1) is 0 Å². The molecule has 25 heavy (non-hydrogen) atoms. The number of piperidine rings is 1. The number of hydrogen-bond donors (Lipinski definition) is 1. The third-order valence-corrected chi connectivity index (χ3v) is 4.78. The molecule has 0 aliphatic carbocycles. The number of amides is 1. The lowest BCUT2D eigenvalue weighted by atomic mass is 9.93. The van der Waals surface area contributed by atoms with Gasteiger partial charge in [0.25, 0.3) is 5.91 Å². The lowest BCUT2D eigenvalue weighted by molar-refractivity contribution is -0.140. The molecule has 1 heterocycles. The molecule has 1 saturated heterocycles. The van der Waals surface area contributed by atoms with Crippen LogP contribution in [0, 0.1) is 5.92 Å². The highest BCUT2D eigenvalue weighted by atomic mass is 16.5. The third kappa shape index (κ3) is 5.76. The molecule has 1 N–H and O–H groups in total. The Kier molecular flexibility index (Phi) is 6.85. The molecule has 1 aliphatic rings. The molecular formula is C20H29NO4. The second-order valence-corrected chi connectivity index (χ2v) is 7.21. The predicted molar refractivity (Wildman–Crippen MR) is 96.8 cm³/mol. The third-order valence-electron chi connectivity index (χ3n) is 4.78. The van der Waals surface area contributed by atoms with E-state index in [-0.39, 0.29) is 18.2 Å². The van der Waals surface area contributed by atoms with Crippen LogP contribution in [-0.2, 0) is 9.59 Å². The summed E-state index contributed by atoms with van der Waals surface area (Å²) >= 11 is 0.